The van der Waals surface area contributed by atoms with Gasteiger partial charge < -0.3 is 9.47 Å². The third-order valence-electron chi connectivity index (χ3n) is 6.45. The lowest BCUT2D eigenvalue weighted by Crippen LogP contribution is -2.39. The number of thiazole rings is 1. The van der Waals surface area contributed by atoms with Crippen LogP contribution in [0.15, 0.2) is 93.9 Å². The van der Waals surface area contributed by atoms with Gasteiger partial charge in [0, 0.05) is 17.7 Å². The molecule has 4 aromatic rings. The minimum absolute atomic E-state index is 0.00943. The van der Waals surface area contributed by atoms with E-state index in [1.165, 1.54) is 52.3 Å². The Bertz CT molecular complexity index is 1840. The molecule has 0 amide bonds. The molecule has 0 aliphatic carbocycles. The molecule has 9 nitrogen and oxygen atoms in total. The van der Waals surface area contributed by atoms with Crippen LogP contribution >= 0.6 is 11.3 Å². The summed E-state index contributed by atoms with van der Waals surface area (Å²) in [5.74, 6) is -0.526. The van der Waals surface area contributed by atoms with Crippen LogP contribution in [0.1, 0.15) is 36.6 Å². The van der Waals surface area contributed by atoms with E-state index in [9.17, 15) is 24.1 Å². The van der Waals surface area contributed by atoms with Gasteiger partial charge >= 0.3 is 5.97 Å². The van der Waals surface area contributed by atoms with Gasteiger partial charge in [-0.15, -0.1) is 0 Å². The normalized spacial score (nSPS) is 14.8. The number of fused-ring (bicyclic) bond motifs is 1. The molecule has 0 bridgehead atoms. The van der Waals surface area contributed by atoms with Gasteiger partial charge in [-0.3, -0.25) is 19.5 Å². The van der Waals surface area contributed by atoms with E-state index in [0.29, 0.717) is 31.9 Å². The predicted octanol–water partition coefficient (Wildman–Crippen LogP) is 4.42. The van der Waals surface area contributed by atoms with Gasteiger partial charge in [0.25, 0.3) is 11.2 Å². The van der Waals surface area contributed by atoms with Crippen molar-refractivity contribution < 1.29 is 23.6 Å². The summed E-state index contributed by atoms with van der Waals surface area (Å²) in [7, 11) is 0. The van der Waals surface area contributed by atoms with Crippen LogP contribution < -0.4 is 19.6 Å². The van der Waals surface area contributed by atoms with Crippen LogP contribution in [-0.2, 0) is 16.1 Å². The second-order valence-corrected chi connectivity index (χ2v) is 10.1. The van der Waals surface area contributed by atoms with Crippen LogP contribution in [-0.4, -0.2) is 22.1 Å². The number of carbonyl (C=O) groups is 1. The summed E-state index contributed by atoms with van der Waals surface area (Å²) < 4.78 is 26.8. The molecule has 41 heavy (non-hydrogen) atoms. The summed E-state index contributed by atoms with van der Waals surface area (Å²) in [4.78, 5) is 42.2. The molecule has 11 heteroatoms. The molecule has 1 atom stereocenters. The highest BCUT2D eigenvalue weighted by atomic mass is 32.1. The van der Waals surface area contributed by atoms with Gasteiger partial charge in [0.1, 0.15) is 18.2 Å². The van der Waals surface area contributed by atoms with Gasteiger partial charge in [-0.2, -0.15) is 0 Å². The van der Waals surface area contributed by atoms with E-state index in [2.05, 4.69) is 4.99 Å². The van der Waals surface area contributed by atoms with E-state index in [0.717, 1.165) is 5.56 Å². The first-order valence-electron chi connectivity index (χ1n) is 12.7. The van der Waals surface area contributed by atoms with Crippen molar-refractivity contribution in [3.8, 4) is 5.75 Å². The Labute approximate surface area is 237 Å². The number of nitro groups is 1. The largest absolute Gasteiger partial charge is 0.488 e. The van der Waals surface area contributed by atoms with Crippen LogP contribution in [0.25, 0.3) is 6.08 Å². The summed E-state index contributed by atoms with van der Waals surface area (Å²) >= 11 is 1.17. The Balaban J connectivity index is 1.55. The second-order valence-electron chi connectivity index (χ2n) is 9.10. The summed E-state index contributed by atoms with van der Waals surface area (Å²) in [6.45, 7) is 3.68. The molecular formula is C30H24FN3O6S. The fourth-order valence-corrected chi connectivity index (χ4v) is 5.54. The number of nitrogens with zero attached hydrogens (tertiary/aromatic N) is 3. The third kappa shape index (κ3) is 5.71. The number of ether oxygens (including phenoxy) is 2. The quantitative estimate of drug-likeness (QED) is 0.175. The molecule has 0 N–H and O–H groups in total. The highest BCUT2D eigenvalue weighted by Gasteiger charge is 2.33. The molecule has 0 radical (unpaired) electrons. The number of benzene rings is 3. The first-order valence-corrected chi connectivity index (χ1v) is 13.5. The number of esters is 1. The maximum Gasteiger partial charge on any atom is 0.338 e. The molecule has 0 spiro atoms. The van der Waals surface area contributed by atoms with Crippen LogP contribution in [0.2, 0.25) is 0 Å². The van der Waals surface area contributed by atoms with Gasteiger partial charge in [0.05, 0.1) is 33.4 Å². The molecule has 3 aromatic carbocycles. The van der Waals surface area contributed by atoms with Crippen molar-refractivity contribution >= 4 is 29.1 Å². The molecule has 208 valence electrons. The SMILES string of the molecule is CCOC(=O)C1=C(C)N=c2s/c(=C/c3ccccc3OCc3ccc([N+](=O)[O-])cc3)c(=O)n2[C@H]1c1ccc(F)cc1. The van der Waals surface area contributed by atoms with E-state index in [1.807, 2.05) is 6.07 Å². The smallest absolute Gasteiger partial charge is 0.338 e. The molecular weight excluding hydrogens is 549 g/mol. The van der Waals surface area contributed by atoms with Gasteiger partial charge in [0.2, 0.25) is 0 Å². The first kappa shape index (κ1) is 27.7. The van der Waals surface area contributed by atoms with E-state index in [-0.39, 0.29) is 30.0 Å². The number of nitro benzene ring substituents is 1. The number of carbonyl (C=O) groups excluding carboxylic acids is 1. The van der Waals surface area contributed by atoms with E-state index >= 15 is 0 Å². The molecule has 0 fully saturated rings. The van der Waals surface area contributed by atoms with Crippen LogP contribution in [0, 0.1) is 15.9 Å². The van der Waals surface area contributed by atoms with Gasteiger partial charge in [0.15, 0.2) is 4.80 Å². The second kappa shape index (κ2) is 11.7. The lowest BCUT2D eigenvalue weighted by Gasteiger charge is -2.24. The van der Waals surface area contributed by atoms with E-state index in [4.69, 9.17) is 9.47 Å². The monoisotopic (exact) mass is 573 g/mol. The van der Waals surface area contributed by atoms with Gasteiger partial charge in [-0.1, -0.05) is 41.7 Å². The standard InChI is InChI=1S/C30H24FN3O6S/c1-3-39-29(36)26-18(2)32-30-33(27(26)20-10-12-22(31)13-11-20)28(35)25(41-30)16-21-6-4-5-7-24(21)40-17-19-8-14-23(15-9-19)34(37)38/h4-16,27H,3,17H2,1-2H3/b25-16+/t27-/m0/s1. The fourth-order valence-electron chi connectivity index (χ4n) is 4.50. The van der Waals surface area contributed by atoms with Crippen molar-refractivity contribution in [1.82, 2.24) is 4.57 Å². The zero-order chi connectivity index (χ0) is 29.1. The third-order valence-corrected chi connectivity index (χ3v) is 7.43. The van der Waals surface area contributed by atoms with E-state index in [1.54, 1.807) is 50.3 Å². The number of hydrogen-bond acceptors (Lipinski definition) is 8. The van der Waals surface area contributed by atoms with Crippen molar-refractivity contribution in [1.29, 1.82) is 0 Å². The number of allylic oxidation sites excluding steroid dienone is 1. The highest BCUT2D eigenvalue weighted by Crippen LogP contribution is 2.31. The van der Waals surface area contributed by atoms with E-state index < -0.39 is 22.8 Å². The van der Waals surface area contributed by atoms with Crippen LogP contribution in [0.4, 0.5) is 10.1 Å². The Morgan fingerprint density at radius 1 is 1.12 bits per heavy atom. The summed E-state index contributed by atoms with van der Waals surface area (Å²) in [6.07, 6.45) is 1.69. The number of non-ortho nitro benzene ring substituents is 1. The van der Waals surface area contributed by atoms with Crippen molar-refractivity contribution in [3.05, 3.63) is 136 Å². The van der Waals surface area contributed by atoms with Gasteiger partial charge in [-0.05, 0) is 61.4 Å². The molecule has 1 aliphatic heterocycles. The number of para-hydroxylation sites is 1. The molecule has 0 unspecified atom stereocenters. The van der Waals surface area contributed by atoms with Gasteiger partial charge in [-0.25, -0.2) is 14.2 Å². The average molecular weight is 574 g/mol. The van der Waals surface area contributed by atoms with Crippen molar-refractivity contribution in [2.75, 3.05) is 6.61 Å². The number of rotatable bonds is 8. The minimum atomic E-state index is -0.846. The first-order chi connectivity index (χ1) is 19.8. The molecule has 5 rings (SSSR count). The predicted molar refractivity (Wildman–Crippen MR) is 151 cm³/mol. The molecule has 1 aromatic heterocycles. The molecule has 0 saturated heterocycles. The summed E-state index contributed by atoms with van der Waals surface area (Å²) in [6, 6.07) is 18.0. The zero-order valence-electron chi connectivity index (χ0n) is 22.1. The Morgan fingerprint density at radius 3 is 2.51 bits per heavy atom. The fraction of sp³-hybridized carbons (Fsp3) is 0.167. The summed E-state index contributed by atoms with van der Waals surface area (Å²) in [5, 5.41) is 10.9. The lowest BCUT2D eigenvalue weighted by molar-refractivity contribution is -0.384. The topological polar surface area (TPSA) is 113 Å². The molecule has 1 aliphatic rings. The van der Waals surface area contributed by atoms with Crippen molar-refractivity contribution in [2.24, 2.45) is 4.99 Å². The lowest BCUT2D eigenvalue weighted by atomic mass is 9.96. The molecule has 2 heterocycles. The molecule has 0 saturated carbocycles. The Hall–Kier alpha value is -4.90. The Kier molecular flexibility index (Phi) is 7.88. The van der Waals surface area contributed by atoms with Crippen molar-refractivity contribution in [3.63, 3.8) is 0 Å². The van der Waals surface area contributed by atoms with Crippen LogP contribution in [0.3, 0.4) is 0 Å². The summed E-state index contributed by atoms with van der Waals surface area (Å²) in [5.41, 5.74) is 2.17. The number of halogens is 1. The highest BCUT2D eigenvalue weighted by molar-refractivity contribution is 7.07. The minimum Gasteiger partial charge on any atom is -0.488 e. The number of aromatic nitrogens is 1. The average Bonchev–Trinajstić information content (AvgIpc) is 3.26. The number of hydrogen-bond donors (Lipinski definition) is 0. The van der Waals surface area contributed by atoms with Crippen LogP contribution in [0.5, 0.6) is 5.75 Å². The maximum atomic E-state index is 13.8. The Morgan fingerprint density at radius 2 is 1.83 bits per heavy atom. The van der Waals surface area contributed by atoms with Crippen molar-refractivity contribution in [2.45, 2.75) is 26.5 Å². The zero-order valence-corrected chi connectivity index (χ0v) is 22.9. The maximum absolute atomic E-state index is 13.8.